The summed E-state index contributed by atoms with van der Waals surface area (Å²) >= 11 is 12.2. The highest BCUT2D eigenvalue weighted by Gasteiger charge is 2.22. The van der Waals surface area contributed by atoms with Crippen molar-refractivity contribution < 1.29 is 63.6 Å². The number of esters is 1. The van der Waals surface area contributed by atoms with E-state index in [0.717, 1.165) is 48.8 Å². The van der Waals surface area contributed by atoms with Crippen molar-refractivity contribution in [1.82, 2.24) is 4.98 Å². The maximum atomic E-state index is 13.0. The number of alkyl halides is 8. The van der Waals surface area contributed by atoms with Crippen LogP contribution in [-0.2, 0) is 4.74 Å². The van der Waals surface area contributed by atoms with E-state index in [1.807, 2.05) is 0 Å². The van der Waals surface area contributed by atoms with Crippen LogP contribution >= 0.6 is 23.2 Å². The third-order valence-corrected chi connectivity index (χ3v) is 5.24. The van der Waals surface area contributed by atoms with E-state index >= 15 is 0 Å². The summed E-state index contributed by atoms with van der Waals surface area (Å²) in [4.78, 5) is 16.7. The van der Waals surface area contributed by atoms with Gasteiger partial charge in [0.15, 0.2) is 23.0 Å². The molecular weight excluding hydrogens is 621 g/mol. The second kappa shape index (κ2) is 14.1. The maximum Gasteiger partial charge on any atom is 0.387 e. The fourth-order valence-electron chi connectivity index (χ4n) is 3.08. The Hall–Kier alpha value is -3.98. The highest BCUT2D eigenvalue weighted by molar-refractivity contribution is 6.37. The lowest BCUT2D eigenvalue weighted by Gasteiger charge is -2.16. The zero-order valence-corrected chi connectivity index (χ0v) is 21.2. The molecule has 41 heavy (non-hydrogen) atoms. The van der Waals surface area contributed by atoms with E-state index in [-0.39, 0.29) is 21.2 Å². The van der Waals surface area contributed by atoms with Gasteiger partial charge in [0.25, 0.3) is 0 Å². The molecule has 0 N–H and O–H groups in total. The molecule has 0 unspecified atom stereocenters. The topological polar surface area (TPSA) is 76.1 Å². The van der Waals surface area contributed by atoms with Gasteiger partial charge >= 0.3 is 32.4 Å². The number of nitrogens with zero attached hydrogens (tertiary/aromatic N) is 1. The first-order valence-corrected chi connectivity index (χ1v) is 11.4. The van der Waals surface area contributed by atoms with Crippen LogP contribution in [0.4, 0.5) is 35.1 Å². The van der Waals surface area contributed by atoms with Crippen LogP contribution in [0.3, 0.4) is 0 Å². The number of carbonyl (C=O) groups is 1. The first-order chi connectivity index (χ1) is 19.3. The van der Waals surface area contributed by atoms with Crippen molar-refractivity contribution in [2.45, 2.75) is 26.4 Å². The summed E-state index contributed by atoms with van der Waals surface area (Å²) < 4.78 is 124. The Morgan fingerprint density at radius 3 is 1.54 bits per heavy atom. The average Bonchev–Trinajstić information content (AvgIpc) is 2.86. The van der Waals surface area contributed by atoms with Gasteiger partial charge in [-0.25, -0.2) is 4.79 Å². The van der Waals surface area contributed by atoms with Crippen molar-refractivity contribution >= 4 is 41.0 Å². The molecule has 0 radical (unpaired) electrons. The Bertz CT molecular complexity index is 1390. The van der Waals surface area contributed by atoms with E-state index in [1.165, 1.54) is 0 Å². The fraction of sp³-hybridized carbons (Fsp3) is 0.167. The molecule has 0 aliphatic rings. The van der Waals surface area contributed by atoms with E-state index in [1.54, 1.807) is 0 Å². The summed E-state index contributed by atoms with van der Waals surface area (Å²) in [7, 11) is 0. The molecular formula is C24H13Cl2F8NO6. The molecule has 0 amide bonds. The molecule has 1 heterocycles. The van der Waals surface area contributed by atoms with E-state index < -0.39 is 66.7 Å². The number of hydrogen-bond donors (Lipinski definition) is 0. The third kappa shape index (κ3) is 9.01. The molecule has 2 aromatic carbocycles. The number of halogens is 10. The largest absolute Gasteiger partial charge is 0.431 e. The Kier molecular flexibility index (Phi) is 10.8. The monoisotopic (exact) mass is 633 g/mol. The molecule has 3 rings (SSSR count). The van der Waals surface area contributed by atoms with Gasteiger partial charge in [0.2, 0.25) is 0 Å². The molecule has 0 bridgehead atoms. The molecule has 0 aliphatic heterocycles. The smallest absolute Gasteiger partial charge is 0.387 e. The lowest BCUT2D eigenvalue weighted by molar-refractivity contribution is -0.0692. The van der Waals surface area contributed by atoms with Crippen molar-refractivity contribution in [3.63, 3.8) is 0 Å². The van der Waals surface area contributed by atoms with Gasteiger partial charge in [-0.2, -0.15) is 35.1 Å². The van der Waals surface area contributed by atoms with Crippen LogP contribution in [-0.4, -0.2) is 37.4 Å². The van der Waals surface area contributed by atoms with Gasteiger partial charge in [-0.15, -0.1) is 0 Å². The number of rotatable bonds is 12. The van der Waals surface area contributed by atoms with Gasteiger partial charge in [0.1, 0.15) is 5.76 Å². The van der Waals surface area contributed by atoms with Crippen LogP contribution in [0.25, 0.3) is 11.8 Å². The predicted molar refractivity (Wildman–Crippen MR) is 127 cm³/mol. The second-order valence-electron chi connectivity index (χ2n) is 7.25. The van der Waals surface area contributed by atoms with E-state index in [2.05, 4.69) is 23.9 Å². The first-order valence-electron chi connectivity index (χ1n) is 10.6. The van der Waals surface area contributed by atoms with Crippen molar-refractivity contribution in [2.75, 3.05) is 0 Å². The molecule has 1 aromatic heterocycles. The minimum Gasteiger partial charge on any atom is -0.431 e. The standard InChI is InChI=1S/C24H13Cl2F8NO6/c25-13-8-35-9-14(26)12(13)7-17(10-1-3-15(38-21(27)28)18(5-10)40-23(31)32)37-20(36)11-2-4-16(39-22(29)30)19(6-11)41-24(33)34/h1-9,21-24H. The second-order valence-corrected chi connectivity index (χ2v) is 8.07. The van der Waals surface area contributed by atoms with Crippen LogP contribution in [0.1, 0.15) is 21.5 Å². The van der Waals surface area contributed by atoms with Crippen LogP contribution in [0.5, 0.6) is 23.0 Å². The third-order valence-electron chi connectivity index (χ3n) is 4.64. The van der Waals surface area contributed by atoms with Crippen LogP contribution in [0, 0.1) is 0 Å². The quantitative estimate of drug-likeness (QED) is 0.113. The molecule has 17 heteroatoms. The number of hydrogen-bond acceptors (Lipinski definition) is 7. The zero-order valence-electron chi connectivity index (χ0n) is 19.7. The van der Waals surface area contributed by atoms with Crippen LogP contribution in [0.15, 0.2) is 48.8 Å². The minimum absolute atomic E-state index is 0.00206. The van der Waals surface area contributed by atoms with Gasteiger partial charge in [-0.3, -0.25) is 4.98 Å². The summed E-state index contributed by atoms with van der Waals surface area (Å²) in [5, 5.41) is -0.150. The molecule has 0 atom stereocenters. The zero-order chi connectivity index (χ0) is 30.3. The summed E-state index contributed by atoms with van der Waals surface area (Å²) in [6, 6.07) is 4.79. The summed E-state index contributed by atoms with van der Waals surface area (Å²) in [5.41, 5.74) is -0.777. The predicted octanol–water partition coefficient (Wildman–Crippen LogP) is 8.15. The average molecular weight is 634 g/mol. The molecule has 3 aromatic rings. The first kappa shape index (κ1) is 31.5. The number of aromatic nitrogens is 1. The molecule has 0 saturated carbocycles. The highest BCUT2D eigenvalue weighted by atomic mass is 35.5. The summed E-state index contributed by atoms with van der Waals surface area (Å²) in [5.74, 6) is -5.26. The maximum absolute atomic E-state index is 13.0. The van der Waals surface area contributed by atoms with E-state index in [0.29, 0.717) is 6.07 Å². The van der Waals surface area contributed by atoms with E-state index in [9.17, 15) is 39.9 Å². The Labute approximate surface area is 234 Å². The number of benzene rings is 2. The molecule has 0 fully saturated rings. The normalized spacial score (nSPS) is 11.8. The van der Waals surface area contributed by atoms with Crippen molar-refractivity contribution in [3.8, 4) is 23.0 Å². The Morgan fingerprint density at radius 2 is 1.07 bits per heavy atom. The molecule has 0 spiro atoms. The Balaban J connectivity index is 2.10. The van der Waals surface area contributed by atoms with Crippen LogP contribution in [0.2, 0.25) is 10.0 Å². The molecule has 0 saturated heterocycles. The number of ether oxygens (including phenoxy) is 5. The van der Waals surface area contributed by atoms with E-state index in [4.69, 9.17) is 27.9 Å². The SMILES string of the molecule is O=C(OC(=Cc1c(Cl)cncc1Cl)c1ccc(OC(F)F)c(OC(F)F)c1)c1ccc(OC(F)F)c(OC(F)F)c1. The van der Waals surface area contributed by atoms with Gasteiger partial charge < -0.3 is 23.7 Å². The van der Waals surface area contributed by atoms with Crippen LogP contribution < -0.4 is 18.9 Å². The molecule has 220 valence electrons. The van der Waals surface area contributed by atoms with Crippen molar-refractivity contribution in [2.24, 2.45) is 0 Å². The van der Waals surface area contributed by atoms with Gasteiger partial charge in [0, 0.05) is 23.5 Å². The van der Waals surface area contributed by atoms with Crippen molar-refractivity contribution in [1.29, 1.82) is 0 Å². The van der Waals surface area contributed by atoms with Gasteiger partial charge in [-0.05, 0) is 42.5 Å². The Morgan fingerprint density at radius 1 is 0.659 bits per heavy atom. The number of carbonyl (C=O) groups excluding carboxylic acids is 1. The number of pyridine rings is 1. The van der Waals surface area contributed by atoms with Crippen molar-refractivity contribution in [3.05, 3.63) is 75.5 Å². The highest BCUT2D eigenvalue weighted by Crippen LogP contribution is 2.37. The minimum atomic E-state index is -3.49. The summed E-state index contributed by atoms with van der Waals surface area (Å²) in [6.07, 6.45) is 3.35. The summed E-state index contributed by atoms with van der Waals surface area (Å²) in [6.45, 7) is -13.8. The molecule has 7 nitrogen and oxygen atoms in total. The lowest BCUT2D eigenvalue weighted by atomic mass is 10.1. The lowest BCUT2D eigenvalue weighted by Crippen LogP contribution is -2.10. The fourth-order valence-corrected chi connectivity index (χ4v) is 3.55. The van der Waals surface area contributed by atoms with Gasteiger partial charge in [0.05, 0.1) is 15.6 Å². The van der Waals surface area contributed by atoms with Gasteiger partial charge in [-0.1, -0.05) is 23.2 Å². The molecule has 0 aliphatic carbocycles.